The molecule has 4 nitrogen and oxygen atoms in total. The molecule has 3 N–H and O–H groups in total. The molecule has 0 aliphatic heterocycles. The van der Waals surface area contributed by atoms with Gasteiger partial charge in [-0.05, 0) is 30.4 Å². The summed E-state index contributed by atoms with van der Waals surface area (Å²) in [5.74, 6) is -0.515. The first-order chi connectivity index (χ1) is 10.8. The van der Waals surface area contributed by atoms with E-state index in [-0.39, 0.29) is 15.8 Å². The Morgan fingerprint density at radius 2 is 1.79 bits per heavy atom. The highest BCUT2D eigenvalue weighted by atomic mass is 35.6. The monoisotopic (exact) mass is 441 g/mol. The quantitative estimate of drug-likeness (QED) is 0.367. The molecule has 24 heavy (non-hydrogen) atoms. The van der Waals surface area contributed by atoms with Gasteiger partial charge in [-0.1, -0.05) is 46.4 Å². The fourth-order valence-corrected chi connectivity index (χ4v) is 2.21. The smallest absolute Gasteiger partial charge is 0.339 e. The molecule has 0 radical (unpaired) electrons. The molecule has 0 bridgehead atoms. The van der Waals surface area contributed by atoms with Crippen LogP contribution in [0, 0.1) is 0 Å². The summed E-state index contributed by atoms with van der Waals surface area (Å²) in [5.41, 5.74) is -1.02. The van der Waals surface area contributed by atoms with E-state index in [9.17, 15) is 18.0 Å². The SMILES string of the molecule is CC(=O)NC(NC(=S)Nc1cc(C(F)(F)F)ccc1Cl)C(Cl)(Cl)Cl. The lowest BCUT2D eigenvalue weighted by atomic mass is 10.2. The number of hydrogen-bond donors (Lipinski definition) is 3. The van der Waals surface area contributed by atoms with Gasteiger partial charge in [0, 0.05) is 6.92 Å². The molecule has 1 atom stereocenters. The van der Waals surface area contributed by atoms with Crippen molar-refractivity contribution in [2.75, 3.05) is 5.32 Å². The maximum atomic E-state index is 12.7. The van der Waals surface area contributed by atoms with Crippen LogP contribution in [-0.4, -0.2) is 21.0 Å². The number of hydrogen-bond acceptors (Lipinski definition) is 2. The van der Waals surface area contributed by atoms with Crippen molar-refractivity contribution >= 4 is 75.3 Å². The number of carbonyl (C=O) groups is 1. The third kappa shape index (κ3) is 6.68. The highest BCUT2D eigenvalue weighted by Gasteiger charge is 2.34. The van der Waals surface area contributed by atoms with Crippen LogP contribution in [0.15, 0.2) is 18.2 Å². The van der Waals surface area contributed by atoms with Gasteiger partial charge in [-0.15, -0.1) is 0 Å². The van der Waals surface area contributed by atoms with E-state index in [1.54, 1.807) is 0 Å². The number of benzene rings is 1. The molecule has 0 spiro atoms. The normalized spacial score (nSPS) is 13.2. The van der Waals surface area contributed by atoms with Gasteiger partial charge in [0.15, 0.2) is 5.11 Å². The summed E-state index contributed by atoms with van der Waals surface area (Å²) in [5, 5.41) is 7.03. The minimum atomic E-state index is -4.55. The Kier molecular flexibility index (Phi) is 7.25. The molecule has 0 aliphatic rings. The minimum absolute atomic E-state index is 0.00268. The summed E-state index contributed by atoms with van der Waals surface area (Å²) in [7, 11) is 0. The lowest BCUT2D eigenvalue weighted by Gasteiger charge is -2.27. The van der Waals surface area contributed by atoms with Crippen molar-refractivity contribution in [3.05, 3.63) is 28.8 Å². The molecule has 134 valence electrons. The van der Waals surface area contributed by atoms with Gasteiger partial charge in [-0.3, -0.25) is 4.79 Å². The molecule has 0 aromatic heterocycles. The number of carbonyl (C=O) groups excluding carboxylic acids is 1. The Bertz CT molecular complexity index is 637. The fourth-order valence-electron chi connectivity index (χ4n) is 1.49. The topological polar surface area (TPSA) is 53.2 Å². The highest BCUT2D eigenvalue weighted by Crippen LogP contribution is 2.34. The van der Waals surface area contributed by atoms with Crippen molar-refractivity contribution in [1.82, 2.24) is 10.6 Å². The summed E-state index contributed by atoms with van der Waals surface area (Å²) in [6, 6.07) is 2.67. The predicted molar refractivity (Wildman–Crippen MR) is 93.7 cm³/mol. The van der Waals surface area contributed by atoms with E-state index in [4.69, 9.17) is 58.6 Å². The summed E-state index contributed by atoms with van der Waals surface area (Å²) in [6.45, 7) is 1.19. The summed E-state index contributed by atoms with van der Waals surface area (Å²) >= 11 is 27.9. The highest BCUT2D eigenvalue weighted by molar-refractivity contribution is 7.80. The van der Waals surface area contributed by atoms with Gasteiger partial charge < -0.3 is 16.0 Å². The van der Waals surface area contributed by atoms with Gasteiger partial charge in [0.1, 0.15) is 6.17 Å². The Labute approximate surface area is 161 Å². The molecular formula is C12H10Cl4F3N3OS. The molecule has 12 heteroatoms. The molecule has 1 aromatic carbocycles. The minimum Gasteiger partial charge on any atom is -0.339 e. The Balaban J connectivity index is 2.92. The van der Waals surface area contributed by atoms with E-state index in [1.807, 2.05) is 0 Å². The van der Waals surface area contributed by atoms with Gasteiger partial charge in [-0.25, -0.2) is 0 Å². The summed E-state index contributed by atoms with van der Waals surface area (Å²) in [6.07, 6.45) is -5.77. The van der Waals surface area contributed by atoms with Gasteiger partial charge in [0.05, 0.1) is 16.3 Å². The zero-order valence-corrected chi connectivity index (χ0v) is 15.6. The number of amides is 1. The molecule has 1 aromatic rings. The fraction of sp³-hybridized carbons (Fsp3) is 0.333. The van der Waals surface area contributed by atoms with Crippen LogP contribution in [0.1, 0.15) is 12.5 Å². The Morgan fingerprint density at radius 1 is 1.21 bits per heavy atom. The number of anilines is 1. The molecule has 0 saturated heterocycles. The van der Waals surface area contributed by atoms with E-state index in [0.29, 0.717) is 0 Å². The molecule has 0 heterocycles. The summed E-state index contributed by atoms with van der Waals surface area (Å²) < 4.78 is 36.2. The Morgan fingerprint density at radius 3 is 2.25 bits per heavy atom. The molecule has 1 rings (SSSR count). The van der Waals surface area contributed by atoms with E-state index in [0.717, 1.165) is 18.2 Å². The second kappa shape index (κ2) is 8.14. The number of alkyl halides is 6. The van der Waals surface area contributed by atoms with Crippen LogP contribution < -0.4 is 16.0 Å². The van der Waals surface area contributed by atoms with Crippen molar-refractivity contribution in [2.45, 2.75) is 23.1 Å². The second-order valence-electron chi connectivity index (χ2n) is 4.47. The third-order valence-corrected chi connectivity index (χ3v) is 3.70. The van der Waals surface area contributed by atoms with Crippen molar-refractivity contribution in [3.8, 4) is 0 Å². The molecule has 0 aliphatic carbocycles. The molecule has 0 saturated carbocycles. The van der Waals surface area contributed by atoms with Crippen LogP contribution in [0.2, 0.25) is 5.02 Å². The predicted octanol–water partition coefficient (Wildman–Crippen LogP) is 4.48. The number of rotatable bonds is 3. The molecule has 1 unspecified atom stereocenters. The van der Waals surface area contributed by atoms with E-state index < -0.39 is 27.6 Å². The first-order valence-corrected chi connectivity index (χ1v) is 8.01. The van der Waals surface area contributed by atoms with Crippen molar-refractivity contribution in [2.24, 2.45) is 0 Å². The largest absolute Gasteiger partial charge is 0.416 e. The van der Waals surface area contributed by atoms with Crippen LogP contribution in [0.3, 0.4) is 0 Å². The average Bonchev–Trinajstić information content (AvgIpc) is 2.37. The first-order valence-electron chi connectivity index (χ1n) is 6.09. The average molecular weight is 443 g/mol. The van der Waals surface area contributed by atoms with Crippen LogP contribution >= 0.6 is 58.6 Å². The second-order valence-corrected chi connectivity index (χ2v) is 7.65. The lowest BCUT2D eigenvalue weighted by Crippen LogP contribution is -2.55. The van der Waals surface area contributed by atoms with Crippen molar-refractivity contribution in [1.29, 1.82) is 0 Å². The van der Waals surface area contributed by atoms with Crippen LogP contribution in [-0.2, 0) is 11.0 Å². The lowest BCUT2D eigenvalue weighted by molar-refractivity contribution is -0.137. The van der Waals surface area contributed by atoms with Gasteiger partial charge in [0.2, 0.25) is 9.70 Å². The summed E-state index contributed by atoms with van der Waals surface area (Å²) in [4.78, 5) is 11.1. The maximum absolute atomic E-state index is 12.7. The van der Waals surface area contributed by atoms with E-state index >= 15 is 0 Å². The van der Waals surface area contributed by atoms with Crippen LogP contribution in [0.4, 0.5) is 18.9 Å². The van der Waals surface area contributed by atoms with Crippen molar-refractivity contribution in [3.63, 3.8) is 0 Å². The third-order valence-electron chi connectivity index (χ3n) is 2.49. The number of halogens is 7. The van der Waals surface area contributed by atoms with Gasteiger partial charge >= 0.3 is 6.18 Å². The van der Waals surface area contributed by atoms with Crippen LogP contribution in [0.25, 0.3) is 0 Å². The molecule has 0 fully saturated rings. The Hall–Kier alpha value is -0.670. The van der Waals surface area contributed by atoms with Gasteiger partial charge in [0.25, 0.3) is 0 Å². The maximum Gasteiger partial charge on any atom is 0.416 e. The molecular weight excluding hydrogens is 433 g/mol. The number of nitrogens with one attached hydrogen (secondary N) is 3. The molecule has 1 amide bonds. The first kappa shape index (κ1) is 21.4. The standard InChI is InChI=1S/C12H10Cl4F3N3OS/c1-5(23)20-9(11(14,15)16)22-10(24)21-8-4-6(12(17,18)19)2-3-7(8)13/h2-4,9H,1H3,(H,20,23)(H2,21,22,24). The van der Waals surface area contributed by atoms with Crippen LogP contribution in [0.5, 0.6) is 0 Å². The van der Waals surface area contributed by atoms with E-state index in [2.05, 4.69) is 16.0 Å². The van der Waals surface area contributed by atoms with E-state index in [1.165, 1.54) is 6.92 Å². The van der Waals surface area contributed by atoms with Gasteiger partial charge in [-0.2, -0.15) is 13.2 Å². The zero-order valence-electron chi connectivity index (χ0n) is 11.8. The van der Waals surface area contributed by atoms with Crippen molar-refractivity contribution < 1.29 is 18.0 Å². The zero-order chi connectivity index (χ0) is 18.7. The number of thiocarbonyl (C=S) groups is 1.